The number of aromatic nitrogens is 3. The fraction of sp³-hybridized carbons (Fsp3) is 0.133. The van der Waals surface area contributed by atoms with Crippen molar-refractivity contribution in [2.45, 2.75) is 39.6 Å². The third kappa shape index (κ3) is 9.99. The first-order valence-corrected chi connectivity index (χ1v) is 17.9. The van der Waals surface area contributed by atoms with E-state index in [0.29, 0.717) is 28.2 Å². The molecule has 3 aromatic heterocycles. The van der Waals surface area contributed by atoms with Gasteiger partial charge in [-0.3, -0.25) is 15.0 Å². The topological polar surface area (TPSA) is 155 Å². The van der Waals surface area contributed by atoms with Crippen molar-refractivity contribution in [3.63, 3.8) is 0 Å². The SMILES string of the molecule is Oc1c(COc2[c]ccc(OCc3cccc(OCc4ccncc4)c3O)c2OCc2cccc(OCc3ccncc3)c2O)cccc1OCc1ccncc1. The van der Waals surface area contributed by atoms with Crippen LogP contribution in [-0.4, -0.2) is 30.3 Å². The van der Waals surface area contributed by atoms with Crippen LogP contribution in [0.3, 0.4) is 0 Å². The summed E-state index contributed by atoms with van der Waals surface area (Å²) < 4.78 is 36.5. The van der Waals surface area contributed by atoms with E-state index >= 15 is 0 Å². The van der Waals surface area contributed by atoms with Crippen molar-refractivity contribution >= 4 is 0 Å². The fourth-order valence-corrected chi connectivity index (χ4v) is 5.58. The largest absolute Gasteiger partial charge is 0.504 e. The molecule has 0 fully saturated rings. The molecular formula is C45H38N3O9. The standard InChI is InChI=1S/C45H38N3O9/c49-42-34(5-1-8-37(42)52-25-31-13-19-46-20-14-31)28-55-40-11-4-12-41(56-29-35-6-2-9-38(43(35)50)53-26-32-15-21-47-22-16-32)45(40)57-30-36-7-3-10-39(44(36)51)54-27-33-17-23-48-24-18-33/h1-11,13-24,49-51H,25-30H2. The zero-order chi connectivity index (χ0) is 39.2. The molecule has 0 aliphatic rings. The third-order valence-corrected chi connectivity index (χ3v) is 8.69. The number of phenols is 3. The summed E-state index contributed by atoms with van der Waals surface area (Å²) in [7, 11) is 0. The van der Waals surface area contributed by atoms with E-state index in [1.165, 1.54) is 0 Å². The smallest absolute Gasteiger partial charge is 0.204 e. The summed E-state index contributed by atoms with van der Waals surface area (Å²) in [5.74, 6) is 1.27. The number of ether oxygens (including phenoxy) is 6. The molecule has 287 valence electrons. The molecule has 0 amide bonds. The van der Waals surface area contributed by atoms with E-state index in [1.807, 2.05) is 36.4 Å². The summed E-state index contributed by atoms with van der Waals surface area (Å²) in [6.45, 7) is 0.482. The second-order valence-electron chi connectivity index (χ2n) is 12.6. The van der Waals surface area contributed by atoms with Crippen molar-refractivity contribution in [3.05, 3.63) is 180 Å². The summed E-state index contributed by atoms with van der Waals surface area (Å²) in [6.07, 6.45) is 10.0. The maximum absolute atomic E-state index is 11.2. The minimum atomic E-state index is -0.101. The lowest BCUT2D eigenvalue weighted by molar-refractivity contribution is 0.223. The van der Waals surface area contributed by atoms with Crippen molar-refractivity contribution in [1.82, 2.24) is 15.0 Å². The number of phenolic OH excluding ortho intramolecular Hbond substituents is 3. The highest BCUT2D eigenvalue weighted by atomic mass is 16.5. The molecule has 0 spiro atoms. The Kier molecular flexibility index (Phi) is 12.4. The van der Waals surface area contributed by atoms with Crippen LogP contribution in [-0.2, 0) is 39.6 Å². The van der Waals surface area contributed by atoms with Gasteiger partial charge in [0, 0.05) is 59.9 Å². The van der Waals surface area contributed by atoms with Gasteiger partial charge in [-0.1, -0.05) is 36.4 Å². The molecule has 0 unspecified atom stereocenters. The van der Waals surface area contributed by atoms with E-state index in [0.717, 1.165) is 16.7 Å². The highest BCUT2D eigenvalue weighted by molar-refractivity contribution is 5.53. The van der Waals surface area contributed by atoms with Crippen molar-refractivity contribution in [2.75, 3.05) is 0 Å². The quantitative estimate of drug-likeness (QED) is 0.0771. The Bertz CT molecular complexity index is 2250. The predicted octanol–water partition coefficient (Wildman–Crippen LogP) is 8.26. The second-order valence-corrected chi connectivity index (χ2v) is 12.6. The first-order chi connectivity index (χ1) is 28.0. The summed E-state index contributed by atoms with van der Waals surface area (Å²) in [5.41, 5.74) is 4.05. The van der Waals surface area contributed by atoms with Crippen molar-refractivity contribution < 1.29 is 43.7 Å². The molecule has 0 aliphatic carbocycles. The number of hydrogen-bond donors (Lipinski definition) is 3. The molecule has 0 saturated carbocycles. The summed E-state index contributed by atoms with van der Waals surface area (Å²) in [5, 5.41) is 33.3. The van der Waals surface area contributed by atoms with Crippen LogP contribution in [0.15, 0.2) is 140 Å². The Hall–Kier alpha value is -7.47. The Morgan fingerprint density at radius 2 is 0.754 bits per heavy atom. The Morgan fingerprint density at radius 1 is 0.386 bits per heavy atom. The lowest BCUT2D eigenvalue weighted by Gasteiger charge is -2.19. The van der Waals surface area contributed by atoms with Crippen LogP contribution >= 0.6 is 0 Å². The maximum atomic E-state index is 11.2. The monoisotopic (exact) mass is 764 g/mol. The van der Waals surface area contributed by atoms with Crippen LogP contribution in [0.1, 0.15) is 33.4 Å². The average molecular weight is 765 g/mol. The molecule has 0 atom stereocenters. The van der Waals surface area contributed by atoms with E-state index < -0.39 is 0 Å². The van der Waals surface area contributed by atoms with E-state index in [1.54, 1.807) is 104 Å². The van der Waals surface area contributed by atoms with Gasteiger partial charge in [0.15, 0.2) is 46.0 Å². The first kappa shape index (κ1) is 37.8. The average Bonchev–Trinajstić information content (AvgIpc) is 3.25. The van der Waals surface area contributed by atoms with Crippen LogP contribution in [0.4, 0.5) is 0 Å². The van der Waals surface area contributed by atoms with Crippen molar-refractivity contribution in [3.8, 4) is 51.7 Å². The van der Waals surface area contributed by atoms with Crippen LogP contribution < -0.4 is 28.4 Å². The van der Waals surface area contributed by atoms with E-state index in [4.69, 9.17) is 28.4 Å². The van der Waals surface area contributed by atoms with Gasteiger partial charge in [0.1, 0.15) is 39.6 Å². The third-order valence-electron chi connectivity index (χ3n) is 8.69. The number of aromatic hydroxyl groups is 3. The number of para-hydroxylation sites is 3. The number of pyridine rings is 3. The highest BCUT2D eigenvalue weighted by Gasteiger charge is 2.19. The summed E-state index contributed by atoms with van der Waals surface area (Å²) >= 11 is 0. The van der Waals surface area contributed by atoms with Crippen LogP contribution in [0.5, 0.6) is 51.7 Å². The minimum Gasteiger partial charge on any atom is -0.504 e. The summed E-state index contributed by atoms with van der Waals surface area (Å²) in [6, 6.07) is 32.8. The van der Waals surface area contributed by atoms with E-state index in [9.17, 15) is 15.3 Å². The molecule has 1 radical (unpaired) electrons. The van der Waals surface area contributed by atoms with Crippen LogP contribution in [0.25, 0.3) is 0 Å². The van der Waals surface area contributed by atoms with Gasteiger partial charge in [0.2, 0.25) is 5.75 Å². The number of benzene rings is 4. The molecule has 12 nitrogen and oxygen atoms in total. The second kappa shape index (κ2) is 18.7. The highest BCUT2D eigenvalue weighted by Crippen LogP contribution is 2.41. The van der Waals surface area contributed by atoms with Crippen LogP contribution in [0, 0.1) is 6.07 Å². The van der Waals surface area contributed by atoms with E-state index in [2.05, 4.69) is 21.0 Å². The fourth-order valence-electron chi connectivity index (χ4n) is 5.58. The zero-order valence-electron chi connectivity index (χ0n) is 30.7. The van der Waals surface area contributed by atoms with Gasteiger partial charge >= 0.3 is 0 Å². The maximum Gasteiger partial charge on any atom is 0.204 e. The molecule has 0 bridgehead atoms. The molecule has 12 heteroatoms. The zero-order valence-corrected chi connectivity index (χ0v) is 30.7. The van der Waals surface area contributed by atoms with Gasteiger partial charge in [0.05, 0.1) is 0 Å². The van der Waals surface area contributed by atoms with Crippen LogP contribution in [0.2, 0.25) is 0 Å². The molecule has 3 N–H and O–H groups in total. The molecule has 3 heterocycles. The van der Waals surface area contributed by atoms with Gasteiger partial charge in [-0.05, 0) is 83.4 Å². The Labute approximate surface area is 329 Å². The minimum absolute atomic E-state index is 0.0562. The number of rotatable bonds is 18. The van der Waals surface area contributed by atoms with Crippen molar-refractivity contribution in [1.29, 1.82) is 0 Å². The van der Waals surface area contributed by atoms with Gasteiger partial charge in [-0.2, -0.15) is 0 Å². The van der Waals surface area contributed by atoms with Gasteiger partial charge in [0.25, 0.3) is 0 Å². The summed E-state index contributed by atoms with van der Waals surface area (Å²) in [4.78, 5) is 12.1. The van der Waals surface area contributed by atoms with Gasteiger partial charge < -0.3 is 43.7 Å². The molecule has 7 rings (SSSR count). The van der Waals surface area contributed by atoms with E-state index in [-0.39, 0.29) is 79.9 Å². The van der Waals surface area contributed by atoms with Gasteiger partial charge in [-0.25, -0.2) is 0 Å². The Morgan fingerprint density at radius 3 is 1.18 bits per heavy atom. The molecule has 7 aromatic rings. The van der Waals surface area contributed by atoms with Gasteiger partial charge in [-0.15, -0.1) is 0 Å². The molecule has 0 saturated heterocycles. The van der Waals surface area contributed by atoms with Crippen molar-refractivity contribution in [2.24, 2.45) is 0 Å². The molecule has 4 aromatic carbocycles. The number of hydrogen-bond acceptors (Lipinski definition) is 12. The molecule has 57 heavy (non-hydrogen) atoms. The lowest BCUT2D eigenvalue weighted by atomic mass is 10.2. The lowest BCUT2D eigenvalue weighted by Crippen LogP contribution is -2.05. The Balaban J connectivity index is 1.10. The molecule has 0 aliphatic heterocycles. The normalized spacial score (nSPS) is 10.7. The predicted molar refractivity (Wildman–Crippen MR) is 208 cm³/mol. The first-order valence-electron chi connectivity index (χ1n) is 17.9. The number of nitrogens with zero attached hydrogens (tertiary/aromatic N) is 3. The molecular weight excluding hydrogens is 727 g/mol.